The number of aryl methyl sites for hydroxylation is 1. The monoisotopic (exact) mass is 334 g/mol. The summed E-state index contributed by atoms with van der Waals surface area (Å²) in [6.07, 6.45) is 3.90. The summed E-state index contributed by atoms with van der Waals surface area (Å²) in [5.41, 5.74) is -0.203. The largest absolute Gasteiger partial charge is 0.389 e. The summed E-state index contributed by atoms with van der Waals surface area (Å²) in [6, 6.07) is 0. The molecule has 0 aliphatic carbocycles. The molecule has 9 heteroatoms. The highest BCUT2D eigenvalue weighted by molar-refractivity contribution is 5.82. The van der Waals surface area contributed by atoms with Gasteiger partial charge in [0, 0.05) is 33.6 Å². The van der Waals surface area contributed by atoms with Crippen LogP contribution in [0.2, 0.25) is 0 Å². The van der Waals surface area contributed by atoms with Crippen molar-refractivity contribution in [3.8, 4) is 0 Å². The molecule has 9 nitrogen and oxygen atoms in total. The van der Waals surface area contributed by atoms with E-state index >= 15 is 0 Å². The second-order valence-corrected chi connectivity index (χ2v) is 6.10. The van der Waals surface area contributed by atoms with Crippen molar-refractivity contribution in [3.05, 3.63) is 27.2 Å². The van der Waals surface area contributed by atoms with Crippen molar-refractivity contribution in [1.82, 2.24) is 24.0 Å². The van der Waals surface area contributed by atoms with Crippen molar-refractivity contribution in [1.29, 1.82) is 0 Å². The van der Waals surface area contributed by atoms with E-state index in [0.717, 1.165) is 36.2 Å². The zero-order chi connectivity index (χ0) is 17.3. The molecular formula is C15H22N6O3. The molecule has 0 saturated heterocycles. The number of amidine groups is 1. The first-order valence-corrected chi connectivity index (χ1v) is 8.05. The number of hydrogen-bond donors (Lipinski definition) is 2. The van der Waals surface area contributed by atoms with Gasteiger partial charge in [0.2, 0.25) is 0 Å². The molecule has 0 saturated carbocycles. The van der Waals surface area contributed by atoms with Crippen LogP contribution in [0.3, 0.4) is 0 Å². The Morgan fingerprint density at radius 2 is 2.08 bits per heavy atom. The first-order chi connectivity index (χ1) is 11.5. The summed E-state index contributed by atoms with van der Waals surface area (Å²) in [5.74, 6) is 0.925. The minimum Gasteiger partial charge on any atom is -0.389 e. The quantitative estimate of drug-likeness (QED) is 0.743. The van der Waals surface area contributed by atoms with E-state index in [2.05, 4.69) is 15.3 Å². The van der Waals surface area contributed by atoms with E-state index in [9.17, 15) is 14.7 Å². The smallest absolute Gasteiger partial charge is 0.332 e. The molecule has 1 aliphatic rings. The summed E-state index contributed by atoms with van der Waals surface area (Å²) in [4.78, 5) is 32.8. The van der Waals surface area contributed by atoms with Crippen LogP contribution in [0.25, 0.3) is 11.2 Å². The Balaban J connectivity index is 1.79. The number of aliphatic imine (C=N–C) groups is 1. The fraction of sp³-hybridized carbons (Fsp3) is 0.600. The van der Waals surface area contributed by atoms with E-state index in [-0.39, 0.29) is 6.54 Å². The summed E-state index contributed by atoms with van der Waals surface area (Å²) < 4.78 is 3.96. The maximum Gasteiger partial charge on any atom is 0.332 e. The van der Waals surface area contributed by atoms with E-state index in [0.29, 0.717) is 17.7 Å². The number of rotatable bonds is 4. The Morgan fingerprint density at radius 3 is 2.79 bits per heavy atom. The average molecular weight is 334 g/mol. The molecule has 0 amide bonds. The molecule has 130 valence electrons. The van der Waals surface area contributed by atoms with Gasteiger partial charge in [-0.05, 0) is 12.8 Å². The normalized spacial score (nSPS) is 16.2. The van der Waals surface area contributed by atoms with Crippen LogP contribution in [-0.4, -0.2) is 48.8 Å². The lowest BCUT2D eigenvalue weighted by atomic mass is 10.2. The number of nitrogens with zero attached hydrogens (tertiary/aromatic N) is 5. The molecule has 1 atom stereocenters. The van der Waals surface area contributed by atoms with Gasteiger partial charge in [0.1, 0.15) is 0 Å². The number of fused-ring (bicyclic) bond motifs is 1. The van der Waals surface area contributed by atoms with Crippen LogP contribution < -0.4 is 16.6 Å². The highest BCUT2D eigenvalue weighted by atomic mass is 16.3. The van der Waals surface area contributed by atoms with Crippen LogP contribution in [0, 0.1) is 0 Å². The van der Waals surface area contributed by atoms with Gasteiger partial charge >= 0.3 is 5.69 Å². The molecule has 0 bridgehead atoms. The molecule has 0 spiro atoms. The molecular weight excluding hydrogens is 312 g/mol. The topological polar surface area (TPSA) is 106 Å². The maximum atomic E-state index is 12.3. The van der Waals surface area contributed by atoms with Crippen LogP contribution in [0.1, 0.15) is 19.3 Å². The lowest BCUT2D eigenvalue weighted by Crippen LogP contribution is -2.38. The van der Waals surface area contributed by atoms with Crippen LogP contribution in [-0.2, 0) is 20.6 Å². The third-order valence-electron chi connectivity index (χ3n) is 4.29. The molecule has 0 fully saturated rings. The summed E-state index contributed by atoms with van der Waals surface area (Å²) >= 11 is 0. The summed E-state index contributed by atoms with van der Waals surface area (Å²) in [5, 5.41) is 13.4. The van der Waals surface area contributed by atoms with Crippen molar-refractivity contribution >= 4 is 17.0 Å². The van der Waals surface area contributed by atoms with Crippen LogP contribution in [0.15, 0.2) is 20.9 Å². The molecule has 1 aliphatic heterocycles. The number of aliphatic hydroxyl groups is 1. The van der Waals surface area contributed by atoms with E-state index in [1.165, 1.54) is 17.9 Å². The van der Waals surface area contributed by atoms with Crippen LogP contribution >= 0.6 is 0 Å². The predicted molar refractivity (Wildman–Crippen MR) is 90.4 cm³/mol. The number of nitrogens with one attached hydrogen (secondary N) is 1. The van der Waals surface area contributed by atoms with Gasteiger partial charge in [0.25, 0.3) is 5.56 Å². The number of aromatic nitrogens is 4. The Hall–Kier alpha value is -2.42. The number of aliphatic hydroxyl groups excluding tert-OH is 1. The van der Waals surface area contributed by atoms with Gasteiger partial charge in [-0.15, -0.1) is 0 Å². The number of hydrogen-bond acceptors (Lipinski definition) is 6. The van der Waals surface area contributed by atoms with Gasteiger partial charge in [-0.1, -0.05) is 0 Å². The highest BCUT2D eigenvalue weighted by Gasteiger charge is 2.16. The second kappa shape index (κ2) is 6.60. The molecule has 0 aromatic carbocycles. The fourth-order valence-corrected chi connectivity index (χ4v) is 2.90. The standard InChI is InChI=1S/C15H22N6O3/c1-19-13-12(14(23)20(2)15(19)24)21(9-18-13)8-10(22)7-17-11-5-3-4-6-16-11/h9-10,22H,3-8H2,1-2H3,(H,16,17)/t10-/m1/s1. The zero-order valence-corrected chi connectivity index (χ0v) is 13.9. The van der Waals surface area contributed by atoms with E-state index in [1.54, 1.807) is 11.6 Å². The summed E-state index contributed by atoms with van der Waals surface area (Å²) in [6.45, 7) is 1.39. The van der Waals surface area contributed by atoms with Gasteiger partial charge in [0.05, 0.1) is 24.8 Å². The molecule has 2 aromatic heterocycles. The lowest BCUT2D eigenvalue weighted by Gasteiger charge is -2.17. The molecule has 0 radical (unpaired) electrons. The number of imidazole rings is 1. The van der Waals surface area contributed by atoms with Crippen molar-refractivity contribution in [3.63, 3.8) is 0 Å². The highest BCUT2D eigenvalue weighted by Crippen LogP contribution is 2.07. The van der Waals surface area contributed by atoms with E-state index in [1.807, 2.05) is 0 Å². The van der Waals surface area contributed by atoms with Gasteiger partial charge in [-0.25, -0.2) is 9.78 Å². The predicted octanol–water partition coefficient (Wildman–Crippen LogP) is -1.03. The Bertz CT molecular complexity index is 891. The van der Waals surface area contributed by atoms with E-state index < -0.39 is 17.4 Å². The third kappa shape index (κ3) is 2.99. The molecule has 2 aromatic rings. The molecule has 2 N–H and O–H groups in total. The molecule has 3 rings (SSSR count). The fourth-order valence-electron chi connectivity index (χ4n) is 2.90. The van der Waals surface area contributed by atoms with Gasteiger partial charge in [-0.3, -0.25) is 18.9 Å². The average Bonchev–Trinajstić information content (AvgIpc) is 3.01. The minimum absolute atomic E-state index is 0.213. The second-order valence-electron chi connectivity index (χ2n) is 6.10. The Labute approximate surface area is 138 Å². The first-order valence-electron chi connectivity index (χ1n) is 8.05. The maximum absolute atomic E-state index is 12.3. The van der Waals surface area contributed by atoms with Crippen molar-refractivity contribution < 1.29 is 5.11 Å². The Morgan fingerprint density at radius 1 is 1.29 bits per heavy atom. The molecule has 0 unspecified atom stereocenters. The minimum atomic E-state index is -0.700. The zero-order valence-electron chi connectivity index (χ0n) is 13.9. The van der Waals surface area contributed by atoms with Gasteiger partial charge in [0.15, 0.2) is 11.2 Å². The van der Waals surface area contributed by atoms with Crippen molar-refractivity contribution in [2.75, 3.05) is 13.1 Å². The van der Waals surface area contributed by atoms with Crippen LogP contribution in [0.5, 0.6) is 0 Å². The summed E-state index contributed by atoms with van der Waals surface area (Å²) in [7, 11) is 3.00. The van der Waals surface area contributed by atoms with Gasteiger partial charge in [-0.2, -0.15) is 0 Å². The molecule has 3 heterocycles. The van der Waals surface area contributed by atoms with E-state index in [4.69, 9.17) is 0 Å². The van der Waals surface area contributed by atoms with Crippen molar-refractivity contribution in [2.45, 2.75) is 31.9 Å². The first kappa shape index (κ1) is 16.4. The third-order valence-corrected chi connectivity index (χ3v) is 4.29. The van der Waals surface area contributed by atoms with Gasteiger partial charge < -0.3 is 15.0 Å². The van der Waals surface area contributed by atoms with Crippen molar-refractivity contribution in [2.24, 2.45) is 19.1 Å². The SMILES string of the molecule is Cn1c(=O)c2c(ncn2C[C@H](O)CNC2=NCCCC2)n(C)c1=O. The Kier molecular flexibility index (Phi) is 4.52. The molecule has 24 heavy (non-hydrogen) atoms. The lowest BCUT2D eigenvalue weighted by molar-refractivity contribution is 0.158. The van der Waals surface area contributed by atoms with Crippen LogP contribution in [0.4, 0.5) is 0 Å².